The third-order valence-corrected chi connectivity index (χ3v) is 4.92. The van der Waals surface area contributed by atoms with Gasteiger partial charge in [0.25, 0.3) is 0 Å². The summed E-state index contributed by atoms with van der Waals surface area (Å²) in [5.74, 6) is 0. The van der Waals surface area contributed by atoms with Gasteiger partial charge < -0.3 is 10.2 Å². The molecule has 2 aromatic heterocycles. The summed E-state index contributed by atoms with van der Waals surface area (Å²) in [6, 6.07) is 1.95. The van der Waals surface area contributed by atoms with E-state index in [1.807, 2.05) is 35.7 Å². The van der Waals surface area contributed by atoms with Crippen molar-refractivity contribution < 1.29 is 4.79 Å². The van der Waals surface area contributed by atoms with Crippen molar-refractivity contribution in [3.05, 3.63) is 34.5 Å². The van der Waals surface area contributed by atoms with Gasteiger partial charge in [-0.1, -0.05) is 0 Å². The number of rotatable bonds is 5. The van der Waals surface area contributed by atoms with Crippen LogP contribution in [-0.4, -0.2) is 62.8 Å². The predicted molar refractivity (Wildman–Crippen MR) is 93.9 cm³/mol. The summed E-state index contributed by atoms with van der Waals surface area (Å²) in [6.07, 6.45) is 3.65. The van der Waals surface area contributed by atoms with E-state index < -0.39 is 0 Å². The molecule has 0 radical (unpaired) electrons. The minimum atomic E-state index is 0.0128. The average molecular weight is 348 g/mol. The van der Waals surface area contributed by atoms with Crippen LogP contribution in [0.25, 0.3) is 0 Å². The quantitative estimate of drug-likeness (QED) is 0.891. The summed E-state index contributed by atoms with van der Waals surface area (Å²) >= 11 is 1.69. The van der Waals surface area contributed by atoms with Crippen molar-refractivity contribution in [2.75, 3.05) is 26.2 Å². The van der Waals surface area contributed by atoms with Gasteiger partial charge in [-0.05, 0) is 19.9 Å². The molecule has 0 aromatic carbocycles. The summed E-state index contributed by atoms with van der Waals surface area (Å²) < 4.78 is 1.83. The Morgan fingerprint density at radius 1 is 1.38 bits per heavy atom. The minimum Gasteiger partial charge on any atom is -0.334 e. The highest BCUT2D eigenvalue weighted by atomic mass is 32.1. The molecule has 130 valence electrons. The van der Waals surface area contributed by atoms with Crippen LogP contribution in [0.2, 0.25) is 0 Å². The Morgan fingerprint density at radius 3 is 2.79 bits per heavy atom. The van der Waals surface area contributed by atoms with E-state index in [0.717, 1.165) is 43.4 Å². The summed E-state index contributed by atoms with van der Waals surface area (Å²) in [5.41, 5.74) is 1.13. The number of nitrogens with zero attached hydrogens (tertiary/aromatic N) is 5. The molecule has 1 saturated heterocycles. The maximum absolute atomic E-state index is 12.4. The van der Waals surface area contributed by atoms with Crippen LogP contribution in [0.3, 0.4) is 0 Å². The molecule has 0 saturated carbocycles. The van der Waals surface area contributed by atoms with E-state index in [-0.39, 0.29) is 12.1 Å². The largest absolute Gasteiger partial charge is 0.334 e. The number of piperazine rings is 1. The standard InChI is InChI=1S/C16H24N6OS/c1-13(10-22-5-3-4-17-22)18-16(23)21-8-6-20(7-9-21)11-15-12-24-14(2)19-15/h3-5,12-13H,6-11H2,1-2H3,(H,18,23). The number of carbonyl (C=O) groups is 1. The molecule has 0 aliphatic carbocycles. The Labute approximate surface area is 146 Å². The lowest BCUT2D eigenvalue weighted by atomic mass is 10.3. The highest BCUT2D eigenvalue weighted by Gasteiger charge is 2.22. The maximum Gasteiger partial charge on any atom is 0.317 e. The zero-order valence-corrected chi connectivity index (χ0v) is 15.0. The lowest BCUT2D eigenvalue weighted by Gasteiger charge is -2.35. The molecular weight excluding hydrogens is 324 g/mol. The molecule has 1 fully saturated rings. The number of aryl methyl sites for hydroxylation is 1. The van der Waals surface area contributed by atoms with Crippen molar-refractivity contribution in [3.63, 3.8) is 0 Å². The Bertz CT molecular complexity index is 647. The van der Waals surface area contributed by atoms with Crippen LogP contribution in [-0.2, 0) is 13.1 Å². The van der Waals surface area contributed by atoms with Crippen LogP contribution < -0.4 is 5.32 Å². The van der Waals surface area contributed by atoms with Crippen LogP contribution in [0.1, 0.15) is 17.6 Å². The number of aromatic nitrogens is 3. The lowest BCUT2D eigenvalue weighted by Crippen LogP contribution is -2.53. The summed E-state index contributed by atoms with van der Waals surface area (Å²) in [6.45, 7) is 8.86. The monoisotopic (exact) mass is 348 g/mol. The molecule has 3 rings (SSSR count). The smallest absolute Gasteiger partial charge is 0.317 e. The number of hydrogen-bond acceptors (Lipinski definition) is 5. The number of thiazole rings is 1. The van der Waals surface area contributed by atoms with Crippen molar-refractivity contribution >= 4 is 17.4 Å². The van der Waals surface area contributed by atoms with Gasteiger partial charge in [0.05, 0.1) is 17.2 Å². The normalized spacial score (nSPS) is 17.0. The molecule has 3 heterocycles. The van der Waals surface area contributed by atoms with Gasteiger partial charge in [0.1, 0.15) is 0 Å². The third-order valence-electron chi connectivity index (χ3n) is 4.10. The highest BCUT2D eigenvalue weighted by Crippen LogP contribution is 2.12. The van der Waals surface area contributed by atoms with Crippen LogP contribution in [0, 0.1) is 6.92 Å². The minimum absolute atomic E-state index is 0.0128. The average Bonchev–Trinajstić information content (AvgIpc) is 3.20. The van der Waals surface area contributed by atoms with Crippen LogP contribution in [0.15, 0.2) is 23.8 Å². The van der Waals surface area contributed by atoms with E-state index in [1.165, 1.54) is 0 Å². The second kappa shape index (κ2) is 7.76. The van der Waals surface area contributed by atoms with Gasteiger partial charge in [-0.2, -0.15) is 5.10 Å². The predicted octanol–water partition coefficient (Wildman–Crippen LogP) is 1.56. The zero-order chi connectivity index (χ0) is 16.9. The van der Waals surface area contributed by atoms with Gasteiger partial charge in [0.15, 0.2) is 0 Å². The van der Waals surface area contributed by atoms with Crippen LogP contribution >= 0.6 is 11.3 Å². The summed E-state index contributed by atoms with van der Waals surface area (Å²) in [7, 11) is 0. The number of carbonyl (C=O) groups excluding carboxylic acids is 1. The molecule has 1 aliphatic rings. The van der Waals surface area contributed by atoms with E-state index >= 15 is 0 Å². The number of nitrogens with one attached hydrogen (secondary N) is 1. The van der Waals surface area contributed by atoms with Gasteiger partial charge >= 0.3 is 6.03 Å². The zero-order valence-electron chi connectivity index (χ0n) is 14.2. The summed E-state index contributed by atoms with van der Waals surface area (Å²) in [4.78, 5) is 21.1. The number of hydrogen-bond donors (Lipinski definition) is 1. The first-order valence-electron chi connectivity index (χ1n) is 8.26. The van der Waals surface area contributed by atoms with Gasteiger partial charge in [-0.15, -0.1) is 11.3 Å². The fourth-order valence-corrected chi connectivity index (χ4v) is 3.46. The molecule has 24 heavy (non-hydrogen) atoms. The summed E-state index contributed by atoms with van der Waals surface area (Å²) in [5, 5.41) is 10.4. The fraction of sp³-hybridized carbons (Fsp3) is 0.562. The first kappa shape index (κ1) is 16.9. The second-order valence-electron chi connectivity index (χ2n) is 6.20. The van der Waals surface area contributed by atoms with Crippen LogP contribution in [0.5, 0.6) is 0 Å². The molecule has 1 unspecified atom stereocenters. The molecule has 1 aliphatic heterocycles. The van der Waals surface area contributed by atoms with Crippen molar-refractivity contribution in [2.24, 2.45) is 0 Å². The van der Waals surface area contributed by atoms with Crippen molar-refractivity contribution in [1.82, 2.24) is 29.9 Å². The molecular formula is C16H24N6OS. The van der Waals surface area contributed by atoms with E-state index in [1.54, 1.807) is 17.5 Å². The molecule has 1 atom stereocenters. The SMILES string of the molecule is Cc1nc(CN2CCN(C(=O)NC(C)Cn3cccn3)CC2)cs1. The Kier molecular flexibility index (Phi) is 5.47. The maximum atomic E-state index is 12.4. The van der Waals surface area contributed by atoms with E-state index in [0.29, 0.717) is 6.54 Å². The Hall–Kier alpha value is -1.93. The van der Waals surface area contributed by atoms with E-state index in [4.69, 9.17) is 0 Å². The van der Waals surface area contributed by atoms with Crippen molar-refractivity contribution in [1.29, 1.82) is 0 Å². The van der Waals surface area contributed by atoms with Gasteiger partial charge in [-0.3, -0.25) is 9.58 Å². The third kappa shape index (κ3) is 4.55. The molecule has 2 amide bonds. The van der Waals surface area contributed by atoms with Crippen molar-refractivity contribution in [2.45, 2.75) is 33.0 Å². The molecule has 0 spiro atoms. The van der Waals surface area contributed by atoms with Gasteiger partial charge in [-0.25, -0.2) is 9.78 Å². The number of urea groups is 1. The van der Waals surface area contributed by atoms with Crippen molar-refractivity contribution in [3.8, 4) is 0 Å². The molecule has 0 bridgehead atoms. The highest BCUT2D eigenvalue weighted by molar-refractivity contribution is 7.09. The first-order valence-corrected chi connectivity index (χ1v) is 9.14. The Balaban J connectivity index is 1.41. The molecule has 1 N–H and O–H groups in total. The molecule has 8 heteroatoms. The first-order chi connectivity index (χ1) is 11.6. The lowest BCUT2D eigenvalue weighted by molar-refractivity contribution is 0.132. The fourth-order valence-electron chi connectivity index (χ4n) is 2.86. The topological polar surface area (TPSA) is 66.3 Å². The number of amides is 2. The molecule has 7 nitrogen and oxygen atoms in total. The molecule has 2 aromatic rings. The van der Waals surface area contributed by atoms with Gasteiger partial charge in [0, 0.05) is 56.5 Å². The van der Waals surface area contributed by atoms with Crippen LogP contribution in [0.4, 0.5) is 4.79 Å². The second-order valence-corrected chi connectivity index (χ2v) is 7.26. The van der Waals surface area contributed by atoms with Gasteiger partial charge in [0.2, 0.25) is 0 Å². The van der Waals surface area contributed by atoms with E-state index in [2.05, 4.69) is 25.7 Å². The Morgan fingerprint density at radius 2 is 2.17 bits per heavy atom. The van der Waals surface area contributed by atoms with E-state index in [9.17, 15) is 4.79 Å².